The first kappa shape index (κ1) is 13.4. The van der Waals surface area contributed by atoms with Gasteiger partial charge in [0.1, 0.15) is 0 Å². The Morgan fingerprint density at radius 2 is 1.78 bits per heavy atom. The van der Waals surface area contributed by atoms with Crippen LogP contribution < -0.4 is 5.73 Å². The predicted octanol–water partition coefficient (Wildman–Crippen LogP) is 2.08. The van der Waals surface area contributed by atoms with Crippen molar-refractivity contribution >= 4 is 18.3 Å². The molecule has 2 unspecified atom stereocenters. The van der Waals surface area contributed by atoms with Crippen molar-refractivity contribution in [3.05, 3.63) is 35.4 Å². The van der Waals surface area contributed by atoms with Crippen molar-refractivity contribution in [1.29, 1.82) is 0 Å². The molecule has 2 atom stereocenters. The third-order valence-corrected chi connectivity index (χ3v) is 4.04. The fraction of sp³-hybridized carbons (Fsp3) is 0.500. The van der Waals surface area contributed by atoms with Crippen LogP contribution in [0.1, 0.15) is 30.4 Å². The van der Waals surface area contributed by atoms with Crippen LogP contribution in [0.25, 0.3) is 0 Å². The Hall–Kier alpha value is -1.06. The van der Waals surface area contributed by atoms with Gasteiger partial charge in [0.15, 0.2) is 0 Å². The Balaban J connectivity index is 0.00000120. The molecule has 0 saturated heterocycles. The summed E-state index contributed by atoms with van der Waals surface area (Å²) in [6.07, 6.45) is 3.06. The third kappa shape index (κ3) is 2.25. The summed E-state index contributed by atoms with van der Waals surface area (Å²) in [6, 6.07) is 8.36. The van der Waals surface area contributed by atoms with Gasteiger partial charge in [0.25, 0.3) is 0 Å². The van der Waals surface area contributed by atoms with Crippen molar-refractivity contribution in [1.82, 2.24) is 4.90 Å². The number of carbonyl (C=O) groups is 1. The molecule has 1 heterocycles. The number of rotatable bonds is 1. The molecule has 2 N–H and O–H groups in total. The van der Waals surface area contributed by atoms with Crippen LogP contribution in [0.2, 0.25) is 0 Å². The van der Waals surface area contributed by atoms with Crippen molar-refractivity contribution in [2.75, 3.05) is 0 Å². The lowest BCUT2D eigenvalue weighted by atomic mass is 10.0. The van der Waals surface area contributed by atoms with Gasteiger partial charge in [-0.3, -0.25) is 4.79 Å². The number of nitrogens with two attached hydrogens (primary N) is 1. The van der Waals surface area contributed by atoms with Crippen molar-refractivity contribution in [3.8, 4) is 0 Å². The summed E-state index contributed by atoms with van der Waals surface area (Å²) in [4.78, 5) is 14.3. The van der Waals surface area contributed by atoms with Crippen LogP contribution in [0.3, 0.4) is 0 Å². The first-order chi connectivity index (χ1) is 8.25. The highest BCUT2D eigenvalue weighted by Gasteiger charge is 2.35. The topological polar surface area (TPSA) is 46.3 Å². The highest BCUT2D eigenvalue weighted by Crippen LogP contribution is 2.30. The van der Waals surface area contributed by atoms with E-state index in [2.05, 4.69) is 12.1 Å². The Kier molecular flexibility index (Phi) is 3.93. The van der Waals surface area contributed by atoms with Crippen LogP contribution in [-0.4, -0.2) is 16.8 Å². The Morgan fingerprint density at radius 1 is 1.17 bits per heavy atom. The molecule has 1 aromatic rings. The summed E-state index contributed by atoms with van der Waals surface area (Å²) < 4.78 is 0. The minimum Gasteiger partial charge on any atom is -0.334 e. The van der Waals surface area contributed by atoms with E-state index in [1.54, 1.807) is 0 Å². The molecule has 1 aliphatic heterocycles. The number of nitrogens with zero attached hydrogens (tertiary/aromatic N) is 1. The molecule has 1 fully saturated rings. The van der Waals surface area contributed by atoms with Gasteiger partial charge in [-0.1, -0.05) is 30.7 Å². The van der Waals surface area contributed by atoms with Gasteiger partial charge >= 0.3 is 0 Å². The second-order valence-electron chi connectivity index (χ2n) is 5.16. The zero-order chi connectivity index (χ0) is 11.8. The molecule has 2 aliphatic rings. The van der Waals surface area contributed by atoms with Gasteiger partial charge < -0.3 is 10.6 Å². The standard InChI is InChI=1S/C14H18N2O.ClH/c15-13-7-3-6-12(13)14(17)16-8-10-4-1-2-5-11(10)9-16;/h1-2,4-5,12-13H,3,6-9,15H2;1H. The van der Waals surface area contributed by atoms with Gasteiger partial charge in [0.05, 0.1) is 5.92 Å². The van der Waals surface area contributed by atoms with E-state index in [0.717, 1.165) is 32.4 Å². The SMILES string of the molecule is Cl.NC1CCCC1C(=O)N1Cc2ccccc2C1. The second kappa shape index (κ2) is 5.29. The monoisotopic (exact) mass is 266 g/mol. The molecule has 1 aliphatic carbocycles. The molecule has 3 nitrogen and oxygen atoms in total. The van der Waals surface area contributed by atoms with E-state index in [-0.39, 0.29) is 30.3 Å². The summed E-state index contributed by atoms with van der Waals surface area (Å²) >= 11 is 0. The zero-order valence-corrected chi connectivity index (χ0v) is 11.2. The maximum atomic E-state index is 12.4. The quantitative estimate of drug-likeness (QED) is 0.846. The molecule has 4 heteroatoms. The lowest BCUT2D eigenvalue weighted by molar-refractivity contribution is -0.136. The normalized spacial score (nSPS) is 25.7. The average molecular weight is 267 g/mol. The molecule has 3 rings (SSSR count). The number of amides is 1. The molecule has 18 heavy (non-hydrogen) atoms. The fourth-order valence-electron chi connectivity index (χ4n) is 3.02. The summed E-state index contributed by atoms with van der Waals surface area (Å²) in [7, 11) is 0. The molecule has 0 spiro atoms. The second-order valence-corrected chi connectivity index (χ2v) is 5.16. The van der Waals surface area contributed by atoms with Crippen LogP contribution in [0.5, 0.6) is 0 Å². The third-order valence-electron chi connectivity index (χ3n) is 4.04. The van der Waals surface area contributed by atoms with Crippen LogP contribution >= 0.6 is 12.4 Å². The molecule has 0 aromatic heterocycles. The highest BCUT2D eigenvalue weighted by molar-refractivity contribution is 5.85. The van der Waals surface area contributed by atoms with Crippen LogP contribution in [0.15, 0.2) is 24.3 Å². The largest absolute Gasteiger partial charge is 0.334 e. The van der Waals surface area contributed by atoms with E-state index in [4.69, 9.17) is 5.73 Å². The molecular formula is C14H19ClN2O. The number of hydrogen-bond acceptors (Lipinski definition) is 2. The summed E-state index contributed by atoms with van der Waals surface area (Å²) in [5.41, 5.74) is 8.57. The Labute approximate surface area is 114 Å². The van der Waals surface area contributed by atoms with E-state index in [1.807, 2.05) is 17.0 Å². The van der Waals surface area contributed by atoms with Gasteiger partial charge in [0.2, 0.25) is 5.91 Å². The highest BCUT2D eigenvalue weighted by atomic mass is 35.5. The fourth-order valence-corrected chi connectivity index (χ4v) is 3.02. The molecular weight excluding hydrogens is 248 g/mol. The number of hydrogen-bond donors (Lipinski definition) is 1. The van der Waals surface area contributed by atoms with Crippen molar-refractivity contribution in [3.63, 3.8) is 0 Å². The predicted molar refractivity (Wildman–Crippen MR) is 73.3 cm³/mol. The van der Waals surface area contributed by atoms with Crippen molar-refractivity contribution in [2.45, 2.75) is 38.4 Å². The Bertz CT molecular complexity index is 424. The van der Waals surface area contributed by atoms with Crippen molar-refractivity contribution < 1.29 is 4.79 Å². The average Bonchev–Trinajstić information content (AvgIpc) is 2.93. The van der Waals surface area contributed by atoms with Gasteiger partial charge in [-0.15, -0.1) is 12.4 Å². The lowest BCUT2D eigenvalue weighted by Crippen LogP contribution is -2.39. The first-order valence-corrected chi connectivity index (χ1v) is 6.37. The Morgan fingerprint density at radius 3 is 2.28 bits per heavy atom. The van der Waals surface area contributed by atoms with E-state index in [0.29, 0.717) is 0 Å². The minimum atomic E-state index is 0. The van der Waals surface area contributed by atoms with Crippen LogP contribution in [0.4, 0.5) is 0 Å². The van der Waals surface area contributed by atoms with E-state index in [9.17, 15) is 4.79 Å². The molecule has 0 radical (unpaired) electrons. The van der Waals surface area contributed by atoms with Gasteiger partial charge in [-0.25, -0.2) is 0 Å². The number of halogens is 1. The van der Waals surface area contributed by atoms with Crippen LogP contribution in [0, 0.1) is 5.92 Å². The molecule has 1 aromatic carbocycles. The summed E-state index contributed by atoms with van der Waals surface area (Å²) in [5, 5.41) is 0. The number of fused-ring (bicyclic) bond motifs is 1. The number of benzene rings is 1. The van der Waals surface area contributed by atoms with Gasteiger partial charge in [0, 0.05) is 19.1 Å². The number of carbonyl (C=O) groups excluding carboxylic acids is 1. The smallest absolute Gasteiger partial charge is 0.227 e. The molecule has 1 saturated carbocycles. The van der Waals surface area contributed by atoms with E-state index >= 15 is 0 Å². The van der Waals surface area contributed by atoms with E-state index in [1.165, 1.54) is 11.1 Å². The first-order valence-electron chi connectivity index (χ1n) is 6.37. The van der Waals surface area contributed by atoms with Gasteiger partial charge in [-0.05, 0) is 24.0 Å². The minimum absolute atomic E-state index is 0. The molecule has 0 bridgehead atoms. The van der Waals surface area contributed by atoms with E-state index < -0.39 is 0 Å². The lowest BCUT2D eigenvalue weighted by Gasteiger charge is -2.22. The molecule has 98 valence electrons. The maximum absolute atomic E-state index is 12.4. The summed E-state index contributed by atoms with van der Waals surface area (Å²) in [5.74, 6) is 0.315. The summed E-state index contributed by atoms with van der Waals surface area (Å²) in [6.45, 7) is 1.52. The maximum Gasteiger partial charge on any atom is 0.227 e. The van der Waals surface area contributed by atoms with Crippen molar-refractivity contribution in [2.24, 2.45) is 11.7 Å². The van der Waals surface area contributed by atoms with Gasteiger partial charge in [-0.2, -0.15) is 0 Å². The molecule has 1 amide bonds. The zero-order valence-electron chi connectivity index (χ0n) is 10.3. The van der Waals surface area contributed by atoms with Crippen LogP contribution in [-0.2, 0) is 17.9 Å².